The van der Waals surface area contributed by atoms with Crippen LogP contribution in [0.1, 0.15) is 0 Å². The maximum Gasteiger partial charge on any atom is 0.335 e. The minimum Gasteiger partial charge on any atom is -0.274 e. The van der Waals surface area contributed by atoms with Crippen molar-refractivity contribution in [1.29, 1.82) is 0 Å². The lowest BCUT2D eigenvalue weighted by molar-refractivity contribution is -0.383. The van der Waals surface area contributed by atoms with Gasteiger partial charge in [-0.1, -0.05) is 6.07 Å². The Hall–Kier alpha value is -2.09. The smallest absolute Gasteiger partial charge is 0.274 e. The molecule has 0 amide bonds. The fraction of sp³-hybridized carbons (Fsp3) is 0. The SMILES string of the molecule is O=[N+]([O-])c1c(=S(=O)=O)[nH]n2ccccc12. The maximum atomic E-state index is 10.7. The summed E-state index contributed by atoms with van der Waals surface area (Å²) in [7, 11) is -2.66. The van der Waals surface area contributed by atoms with Crippen molar-refractivity contribution in [3.05, 3.63) is 39.2 Å². The zero-order chi connectivity index (χ0) is 11.0. The molecule has 2 aromatic rings. The molecule has 0 radical (unpaired) electrons. The predicted octanol–water partition coefficient (Wildman–Crippen LogP) is 0.587. The van der Waals surface area contributed by atoms with Crippen LogP contribution in [0.2, 0.25) is 0 Å². The lowest BCUT2D eigenvalue weighted by atomic mass is 10.4. The summed E-state index contributed by atoms with van der Waals surface area (Å²) >= 11 is 0. The molecule has 0 spiro atoms. The summed E-state index contributed by atoms with van der Waals surface area (Å²) in [6.45, 7) is 0. The lowest BCUT2D eigenvalue weighted by Gasteiger charge is -1.89. The highest BCUT2D eigenvalue weighted by atomic mass is 32.2. The highest BCUT2D eigenvalue weighted by Crippen LogP contribution is 2.19. The van der Waals surface area contributed by atoms with E-state index in [4.69, 9.17) is 0 Å². The van der Waals surface area contributed by atoms with Gasteiger partial charge >= 0.3 is 5.69 Å². The van der Waals surface area contributed by atoms with Crippen LogP contribution in [-0.4, -0.2) is 23.0 Å². The van der Waals surface area contributed by atoms with Gasteiger partial charge < -0.3 is 0 Å². The Balaban J connectivity index is 3.15. The van der Waals surface area contributed by atoms with Crippen LogP contribution >= 0.6 is 0 Å². The Morgan fingerprint density at radius 2 is 2.13 bits per heavy atom. The molecule has 78 valence electrons. The number of pyridine rings is 1. The molecule has 8 heteroatoms. The van der Waals surface area contributed by atoms with Crippen LogP contribution in [0.15, 0.2) is 24.4 Å². The van der Waals surface area contributed by atoms with Crippen molar-refractivity contribution in [3.8, 4) is 0 Å². The van der Waals surface area contributed by atoms with Crippen LogP contribution in [0.3, 0.4) is 0 Å². The average Bonchev–Trinajstić information content (AvgIpc) is 2.56. The first-order chi connectivity index (χ1) is 7.11. The Kier molecular flexibility index (Phi) is 2.05. The molecule has 2 rings (SSSR count). The molecule has 0 saturated heterocycles. The van der Waals surface area contributed by atoms with Crippen LogP contribution in [0.4, 0.5) is 5.69 Å². The van der Waals surface area contributed by atoms with E-state index in [0.717, 1.165) is 0 Å². The molecule has 0 aliphatic rings. The number of hydrogen-bond acceptors (Lipinski definition) is 4. The fourth-order valence-electron chi connectivity index (χ4n) is 1.30. The number of hydrogen-bond donors (Lipinski definition) is 1. The molecule has 0 unspecified atom stereocenters. The van der Waals surface area contributed by atoms with Crippen molar-refractivity contribution in [2.45, 2.75) is 0 Å². The molecule has 0 saturated carbocycles. The summed E-state index contributed by atoms with van der Waals surface area (Å²) in [4.78, 5) is 9.97. The highest BCUT2D eigenvalue weighted by molar-refractivity contribution is 7.63. The monoisotopic (exact) mass is 227 g/mol. The third kappa shape index (κ3) is 1.40. The van der Waals surface area contributed by atoms with Crippen LogP contribution in [0.5, 0.6) is 0 Å². The number of rotatable bonds is 1. The van der Waals surface area contributed by atoms with Crippen LogP contribution < -0.4 is 0 Å². The summed E-state index contributed by atoms with van der Waals surface area (Å²) in [5.74, 6) is 0. The van der Waals surface area contributed by atoms with E-state index < -0.39 is 25.5 Å². The minimum absolute atomic E-state index is 0.210. The Morgan fingerprint density at radius 1 is 1.40 bits per heavy atom. The van der Waals surface area contributed by atoms with E-state index in [0.29, 0.717) is 0 Å². The molecule has 2 heterocycles. The van der Waals surface area contributed by atoms with E-state index in [2.05, 4.69) is 5.10 Å². The fourth-order valence-corrected chi connectivity index (χ4v) is 1.81. The van der Waals surface area contributed by atoms with E-state index >= 15 is 0 Å². The van der Waals surface area contributed by atoms with Crippen molar-refractivity contribution in [1.82, 2.24) is 9.61 Å². The van der Waals surface area contributed by atoms with Gasteiger partial charge in [0.2, 0.25) is 10.3 Å². The van der Waals surface area contributed by atoms with Gasteiger partial charge in [-0.2, -0.15) is 8.42 Å². The highest BCUT2D eigenvalue weighted by Gasteiger charge is 2.18. The maximum absolute atomic E-state index is 10.7. The summed E-state index contributed by atoms with van der Waals surface area (Å²) in [6.07, 6.45) is 1.50. The first-order valence-electron chi connectivity index (χ1n) is 3.87. The topological polar surface area (TPSA) is 97.5 Å². The normalized spacial score (nSPS) is 10.4. The average molecular weight is 227 g/mol. The second-order valence-corrected chi connectivity index (χ2v) is 3.61. The van der Waals surface area contributed by atoms with Crippen molar-refractivity contribution < 1.29 is 13.3 Å². The van der Waals surface area contributed by atoms with E-state index in [-0.39, 0.29) is 5.52 Å². The van der Waals surface area contributed by atoms with Gasteiger partial charge in [-0.15, -0.1) is 0 Å². The Bertz CT molecular complexity index is 701. The van der Waals surface area contributed by atoms with Crippen LogP contribution in [0, 0.1) is 14.8 Å². The number of aromatic amines is 1. The molecule has 2 aromatic heterocycles. The van der Waals surface area contributed by atoms with E-state index in [1.54, 1.807) is 12.1 Å². The molecular formula is C7H5N3O4S. The quantitative estimate of drug-likeness (QED) is 0.438. The zero-order valence-corrected chi connectivity index (χ0v) is 8.06. The molecule has 15 heavy (non-hydrogen) atoms. The van der Waals surface area contributed by atoms with Gasteiger partial charge in [-0.25, -0.2) is 0 Å². The third-order valence-corrected chi connectivity index (χ3v) is 2.51. The largest absolute Gasteiger partial charge is 0.335 e. The van der Waals surface area contributed by atoms with E-state index in [1.807, 2.05) is 0 Å². The van der Waals surface area contributed by atoms with Crippen molar-refractivity contribution in [2.24, 2.45) is 0 Å². The van der Waals surface area contributed by atoms with Crippen molar-refractivity contribution in [3.63, 3.8) is 0 Å². The molecular weight excluding hydrogens is 222 g/mol. The number of nitrogens with zero attached hydrogens (tertiary/aromatic N) is 2. The summed E-state index contributed by atoms with van der Waals surface area (Å²) in [5.41, 5.74) is -0.231. The number of aromatic nitrogens is 2. The summed E-state index contributed by atoms with van der Waals surface area (Å²) in [6, 6.07) is 4.68. The van der Waals surface area contributed by atoms with Gasteiger partial charge in [0.05, 0.1) is 4.92 Å². The second-order valence-electron chi connectivity index (χ2n) is 2.74. The Labute approximate surface area is 84.3 Å². The van der Waals surface area contributed by atoms with E-state index in [9.17, 15) is 18.5 Å². The predicted molar refractivity (Wildman–Crippen MR) is 50.6 cm³/mol. The number of nitro groups is 1. The van der Waals surface area contributed by atoms with Crippen LogP contribution in [-0.2, 0) is 10.3 Å². The van der Waals surface area contributed by atoms with E-state index in [1.165, 1.54) is 16.8 Å². The Morgan fingerprint density at radius 3 is 2.73 bits per heavy atom. The molecule has 1 N–H and O–H groups in total. The van der Waals surface area contributed by atoms with Gasteiger partial charge in [-0.3, -0.25) is 19.7 Å². The molecule has 0 fully saturated rings. The summed E-state index contributed by atoms with van der Waals surface area (Å²) < 4.78 is 22.3. The third-order valence-electron chi connectivity index (χ3n) is 1.89. The molecule has 0 aliphatic carbocycles. The number of fused-ring (bicyclic) bond motifs is 1. The van der Waals surface area contributed by atoms with Crippen molar-refractivity contribution >= 4 is 21.5 Å². The molecule has 0 aliphatic heterocycles. The molecule has 7 nitrogen and oxygen atoms in total. The van der Waals surface area contributed by atoms with Gasteiger partial charge in [0.1, 0.15) is 5.52 Å². The lowest BCUT2D eigenvalue weighted by Crippen LogP contribution is -1.88. The number of nitrogens with one attached hydrogen (secondary N) is 1. The number of H-pyrrole nitrogens is 1. The van der Waals surface area contributed by atoms with Crippen LogP contribution in [0.25, 0.3) is 5.52 Å². The summed E-state index contributed by atoms with van der Waals surface area (Å²) in [5, 5.41) is 13.1. The molecule has 0 aromatic carbocycles. The molecule has 0 atom stereocenters. The standard InChI is InChI=1S/C7H5N3O4S/c11-10(12)6-5-3-1-2-4-9(5)8-7(6)15(13)14/h1-4,8H. The minimum atomic E-state index is -2.66. The van der Waals surface area contributed by atoms with Gasteiger partial charge in [0.25, 0.3) is 4.64 Å². The molecule has 0 bridgehead atoms. The zero-order valence-electron chi connectivity index (χ0n) is 7.25. The van der Waals surface area contributed by atoms with Gasteiger partial charge in [0.15, 0.2) is 0 Å². The van der Waals surface area contributed by atoms with Crippen molar-refractivity contribution in [2.75, 3.05) is 0 Å². The van der Waals surface area contributed by atoms with Gasteiger partial charge in [-0.05, 0) is 12.1 Å². The second kappa shape index (κ2) is 3.24. The first-order valence-corrected chi connectivity index (χ1v) is 4.95. The first kappa shape index (κ1) is 9.46. The van der Waals surface area contributed by atoms with Gasteiger partial charge in [0, 0.05) is 6.20 Å².